The van der Waals surface area contributed by atoms with Crippen LogP contribution < -0.4 is 10.6 Å². The van der Waals surface area contributed by atoms with Gasteiger partial charge in [-0.05, 0) is 43.3 Å². The lowest BCUT2D eigenvalue weighted by atomic mass is 9.85. The molecule has 1 aliphatic rings. The predicted octanol–water partition coefficient (Wildman–Crippen LogP) is 2.21. The molecule has 140 valence electrons. The fourth-order valence-electron chi connectivity index (χ4n) is 3.15. The van der Waals surface area contributed by atoms with Crippen LogP contribution in [-0.2, 0) is 16.1 Å². The van der Waals surface area contributed by atoms with Gasteiger partial charge in [0.1, 0.15) is 0 Å². The number of halogens is 1. The highest BCUT2D eigenvalue weighted by atomic mass is 35.5. The van der Waals surface area contributed by atoms with E-state index in [1.54, 1.807) is 11.9 Å². The molecule has 1 fully saturated rings. The van der Waals surface area contributed by atoms with Crippen LogP contribution >= 0.6 is 12.4 Å². The van der Waals surface area contributed by atoms with Crippen LogP contribution in [0, 0.1) is 11.8 Å². The van der Waals surface area contributed by atoms with E-state index in [2.05, 4.69) is 17.6 Å². The van der Waals surface area contributed by atoms with E-state index in [1.807, 2.05) is 30.3 Å². The van der Waals surface area contributed by atoms with Crippen molar-refractivity contribution in [2.24, 2.45) is 11.8 Å². The third-order valence-electron chi connectivity index (χ3n) is 4.77. The highest BCUT2D eigenvalue weighted by Crippen LogP contribution is 2.22. The number of benzene rings is 1. The molecule has 1 aliphatic heterocycles. The lowest BCUT2D eigenvalue weighted by Crippen LogP contribution is -2.39. The third kappa shape index (κ3) is 7.45. The average molecular weight is 368 g/mol. The van der Waals surface area contributed by atoms with Crippen molar-refractivity contribution in [3.63, 3.8) is 0 Å². The Kier molecular flexibility index (Phi) is 9.53. The van der Waals surface area contributed by atoms with Crippen molar-refractivity contribution in [3.8, 4) is 0 Å². The number of carbonyl (C=O) groups excluding carboxylic acids is 2. The SMILES string of the molecule is CC(CC(=O)NCC(=O)N(C)Cc1ccccc1)C1CCCNC1.Cl. The van der Waals surface area contributed by atoms with Crippen LogP contribution in [0.1, 0.15) is 31.7 Å². The normalized spacial score (nSPS) is 17.9. The molecule has 25 heavy (non-hydrogen) atoms. The number of nitrogens with zero attached hydrogens (tertiary/aromatic N) is 1. The van der Waals surface area contributed by atoms with Crippen molar-refractivity contribution in [2.45, 2.75) is 32.7 Å². The number of rotatable bonds is 7. The lowest BCUT2D eigenvalue weighted by molar-refractivity contribution is -0.132. The van der Waals surface area contributed by atoms with Gasteiger partial charge in [-0.25, -0.2) is 0 Å². The van der Waals surface area contributed by atoms with Gasteiger partial charge in [-0.15, -0.1) is 12.4 Å². The third-order valence-corrected chi connectivity index (χ3v) is 4.77. The monoisotopic (exact) mass is 367 g/mol. The van der Waals surface area contributed by atoms with Crippen molar-refractivity contribution in [2.75, 3.05) is 26.7 Å². The van der Waals surface area contributed by atoms with Gasteiger partial charge in [0.05, 0.1) is 6.54 Å². The van der Waals surface area contributed by atoms with E-state index < -0.39 is 0 Å². The Labute approximate surface area is 157 Å². The van der Waals surface area contributed by atoms with Crippen LogP contribution in [0.3, 0.4) is 0 Å². The predicted molar refractivity (Wildman–Crippen MR) is 103 cm³/mol. The summed E-state index contributed by atoms with van der Waals surface area (Å²) in [6.45, 7) is 4.82. The summed E-state index contributed by atoms with van der Waals surface area (Å²) in [5, 5.41) is 6.15. The number of nitrogens with one attached hydrogen (secondary N) is 2. The number of hydrogen-bond acceptors (Lipinski definition) is 3. The summed E-state index contributed by atoms with van der Waals surface area (Å²) in [5.41, 5.74) is 1.08. The second-order valence-corrected chi connectivity index (χ2v) is 6.80. The summed E-state index contributed by atoms with van der Waals surface area (Å²) in [7, 11) is 1.76. The molecule has 2 unspecified atom stereocenters. The second-order valence-electron chi connectivity index (χ2n) is 6.80. The highest BCUT2D eigenvalue weighted by Gasteiger charge is 2.22. The molecule has 2 N–H and O–H groups in total. The van der Waals surface area contributed by atoms with Crippen molar-refractivity contribution in [1.82, 2.24) is 15.5 Å². The van der Waals surface area contributed by atoms with Crippen molar-refractivity contribution >= 4 is 24.2 Å². The largest absolute Gasteiger partial charge is 0.347 e. The Morgan fingerprint density at radius 3 is 2.68 bits per heavy atom. The Hall–Kier alpha value is -1.59. The van der Waals surface area contributed by atoms with E-state index in [4.69, 9.17) is 0 Å². The molecular weight excluding hydrogens is 338 g/mol. The zero-order valence-corrected chi connectivity index (χ0v) is 16.0. The zero-order valence-electron chi connectivity index (χ0n) is 15.2. The fraction of sp³-hybridized carbons (Fsp3) is 0.579. The minimum absolute atomic E-state index is 0. The molecule has 2 rings (SSSR count). The van der Waals surface area contributed by atoms with Crippen LogP contribution in [0.4, 0.5) is 0 Å². The van der Waals surface area contributed by atoms with Crippen LogP contribution in [-0.4, -0.2) is 43.4 Å². The molecule has 6 heteroatoms. The first kappa shape index (κ1) is 21.5. The molecule has 2 amide bonds. The van der Waals surface area contributed by atoms with Gasteiger partial charge in [-0.2, -0.15) is 0 Å². The summed E-state index contributed by atoms with van der Waals surface area (Å²) >= 11 is 0. The summed E-state index contributed by atoms with van der Waals surface area (Å²) in [6.07, 6.45) is 2.85. The van der Waals surface area contributed by atoms with E-state index in [1.165, 1.54) is 12.8 Å². The van der Waals surface area contributed by atoms with Crippen molar-refractivity contribution in [1.29, 1.82) is 0 Å². The second kappa shape index (κ2) is 11.1. The van der Waals surface area contributed by atoms with E-state index in [9.17, 15) is 9.59 Å². The number of hydrogen-bond donors (Lipinski definition) is 2. The molecule has 1 aromatic carbocycles. The van der Waals surface area contributed by atoms with Gasteiger partial charge in [-0.3, -0.25) is 9.59 Å². The Morgan fingerprint density at radius 2 is 2.04 bits per heavy atom. The summed E-state index contributed by atoms with van der Waals surface area (Å²) in [6, 6.07) is 9.84. The molecule has 2 atom stereocenters. The van der Waals surface area contributed by atoms with Crippen LogP contribution in [0.5, 0.6) is 0 Å². The van der Waals surface area contributed by atoms with Gasteiger partial charge < -0.3 is 15.5 Å². The minimum atomic E-state index is -0.0702. The smallest absolute Gasteiger partial charge is 0.242 e. The molecule has 0 aromatic heterocycles. The first-order valence-corrected chi connectivity index (χ1v) is 8.81. The first-order chi connectivity index (χ1) is 11.6. The summed E-state index contributed by atoms with van der Waals surface area (Å²) in [5.74, 6) is 0.796. The lowest BCUT2D eigenvalue weighted by Gasteiger charge is -2.28. The maximum Gasteiger partial charge on any atom is 0.242 e. The number of carbonyl (C=O) groups is 2. The summed E-state index contributed by atoms with van der Waals surface area (Å²) < 4.78 is 0. The minimum Gasteiger partial charge on any atom is -0.347 e. The van der Waals surface area contributed by atoms with Crippen molar-refractivity contribution < 1.29 is 9.59 Å². The van der Waals surface area contributed by atoms with Crippen LogP contribution in [0.2, 0.25) is 0 Å². The number of piperidine rings is 1. The quantitative estimate of drug-likeness (QED) is 0.776. The first-order valence-electron chi connectivity index (χ1n) is 8.81. The van der Waals surface area contributed by atoms with Gasteiger partial charge in [0, 0.05) is 20.0 Å². The maximum atomic E-state index is 12.1. The van der Waals surface area contributed by atoms with Gasteiger partial charge in [0.15, 0.2) is 0 Å². The topological polar surface area (TPSA) is 61.4 Å². The van der Waals surface area contributed by atoms with E-state index >= 15 is 0 Å². The maximum absolute atomic E-state index is 12.1. The fourth-order valence-corrected chi connectivity index (χ4v) is 3.15. The zero-order chi connectivity index (χ0) is 17.4. The molecule has 1 aromatic rings. The highest BCUT2D eigenvalue weighted by molar-refractivity contribution is 5.85. The van der Waals surface area contributed by atoms with Gasteiger partial charge >= 0.3 is 0 Å². The van der Waals surface area contributed by atoms with E-state index in [-0.39, 0.29) is 30.8 Å². The summed E-state index contributed by atoms with van der Waals surface area (Å²) in [4.78, 5) is 25.9. The van der Waals surface area contributed by atoms with Crippen LogP contribution in [0.25, 0.3) is 0 Å². The molecule has 0 bridgehead atoms. The van der Waals surface area contributed by atoms with Gasteiger partial charge in [-0.1, -0.05) is 37.3 Å². The molecule has 0 radical (unpaired) electrons. The average Bonchev–Trinajstić information content (AvgIpc) is 2.61. The Balaban J connectivity index is 0.00000312. The molecule has 1 heterocycles. The molecule has 1 saturated heterocycles. The molecule has 0 spiro atoms. The molecule has 0 aliphatic carbocycles. The Bertz CT molecular complexity index is 533. The Morgan fingerprint density at radius 1 is 1.32 bits per heavy atom. The molecular formula is C19H30ClN3O2. The standard InChI is InChI=1S/C19H29N3O2.ClH/c1-15(17-9-6-10-20-12-17)11-18(23)21-13-19(24)22(2)14-16-7-4-3-5-8-16;/h3-5,7-8,15,17,20H,6,9-14H2,1-2H3,(H,21,23);1H. The molecule has 0 saturated carbocycles. The number of likely N-dealkylation sites (N-methyl/N-ethyl adjacent to an activating group) is 1. The number of amides is 2. The van der Waals surface area contributed by atoms with Crippen LogP contribution in [0.15, 0.2) is 30.3 Å². The van der Waals surface area contributed by atoms with Crippen molar-refractivity contribution in [3.05, 3.63) is 35.9 Å². The van der Waals surface area contributed by atoms with Gasteiger partial charge in [0.2, 0.25) is 11.8 Å². The van der Waals surface area contributed by atoms with E-state index in [0.29, 0.717) is 24.8 Å². The van der Waals surface area contributed by atoms with Gasteiger partial charge in [0.25, 0.3) is 0 Å². The van der Waals surface area contributed by atoms with E-state index in [0.717, 1.165) is 18.7 Å². The molecule has 5 nitrogen and oxygen atoms in total.